The number of sulfonamides is 1. The molecule has 0 heterocycles. The highest BCUT2D eigenvalue weighted by Gasteiger charge is 2.20. The first kappa shape index (κ1) is 19.3. The van der Waals surface area contributed by atoms with E-state index in [1.54, 1.807) is 11.8 Å². The van der Waals surface area contributed by atoms with E-state index in [1.165, 1.54) is 32.4 Å². The van der Waals surface area contributed by atoms with Crippen molar-refractivity contribution in [1.82, 2.24) is 4.72 Å². The van der Waals surface area contributed by atoms with Crippen LogP contribution in [-0.4, -0.2) is 34.8 Å². The predicted octanol–water partition coefficient (Wildman–Crippen LogP) is 2.68. The average molecular weight is 381 g/mol. The van der Waals surface area contributed by atoms with E-state index in [2.05, 4.69) is 4.72 Å². The second-order valence-corrected chi connectivity index (χ2v) is 7.73. The molecular weight excluding hydrogens is 362 g/mol. The van der Waals surface area contributed by atoms with Gasteiger partial charge in [0.2, 0.25) is 10.0 Å². The molecule has 0 radical (unpaired) electrons. The van der Waals surface area contributed by atoms with Crippen LogP contribution in [0.15, 0.2) is 52.3 Å². The largest absolute Gasteiger partial charge is 0.495 e. The normalized spacial score (nSPS) is 11.2. The molecule has 6 nitrogen and oxygen atoms in total. The van der Waals surface area contributed by atoms with E-state index >= 15 is 0 Å². The van der Waals surface area contributed by atoms with Crippen LogP contribution >= 0.6 is 11.8 Å². The van der Waals surface area contributed by atoms with E-state index in [4.69, 9.17) is 9.47 Å². The van der Waals surface area contributed by atoms with Crippen LogP contribution in [0.1, 0.15) is 15.9 Å². The summed E-state index contributed by atoms with van der Waals surface area (Å²) in [6.07, 6.45) is 1.98. The van der Waals surface area contributed by atoms with Gasteiger partial charge in [0.25, 0.3) is 0 Å². The molecule has 0 aliphatic heterocycles. The van der Waals surface area contributed by atoms with E-state index in [0.29, 0.717) is 0 Å². The van der Waals surface area contributed by atoms with Gasteiger partial charge in [-0.05, 0) is 49.2 Å². The van der Waals surface area contributed by atoms with Crippen LogP contribution in [0, 0.1) is 0 Å². The van der Waals surface area contributed by atoms with E-state index in [1.807, 2.05) is 30.5 Å². The fourth-order valence-corrected chi connectivity index (χ4v) is 3.40. The van der Waals surface area contributed by atoms with Gasteiger partial charge in [0.05, 0.1) is 12.7 Å². The lowest BCUT2D eigenvalue weighted by molar-refractivity contribution is 0.0472. The lowest BCUT2D eigenvalue weighted by Gasteiger charge is -2.11. The molecule has 0 unspecified atom stereocenters. The number of methoxy groups -OCH3 is 1. The third kappa shape index (κ3) is 4.75. The standard InChI is InChI=1S/C17H19NO5S2/c1-18-25(20,21)16-10-13(6-9-15(16)22-2)17(19)23-11-12-4-7-14(24-3)8-5-12/h4-10,18H,11H2,1-3H3. The van der Waals surface area contributed by atoms with Crippen molar-refractivity contribution in [3.05, 3.63) is 53.6 Å². The Hall–Kier alpha value is -2.03. The van der Waals surface area contributed by atoms with E-state index in [0.717, 1.165) is 10.5 Å². The van der Waals surface area contributed by atoms with Crippen molar-refractivity contribution in [2.75, 3.05) is 20.4 Å². The number of hydrogen-bond acceptors (Lipinski definition) is 6. The Morgan fingerprint density at radius 1 is 1.16 bits per heavy atom. The Morgan fingerprint density at radius 3 is 2.40 bits per heavy atom. The predicted molar refractivity (Wildman–Crippen MR) is 96.6 cm³/mol. The number of carbonyl (C=O) groups excluding carboxylic acids is 1. The monoisotopic (exact) mass is 381 g/mol. The van der Waals surface area contributed by atoms with Gasteiger partial charge in [0, 0.05) is 4.90 Å². The number of benzene rings is 2. The van der Waals surface area contributed by atoms with Crippen LogP contribution in [0.2, 0.25) is 0 Å². The second kappa shape index (κ2) is 8.37. The highest BCUT2D eigenvalue weighted by atomic mass is 32.2. The number of thioether (sulfide) groups is 1. The summed E-state index contributed by atoms with van der Waals surface area (Å²) in [5.41, 5.74) is 0.984. The summed E-state index contributed by atoms with van der Waals surface area (Å²) in [5, 5.41) is 0. The fourth-order valence-electron chi connectivity index (χ4n) is 2.08. The Bertz CT molecular complexity index is 848. The van der Waals surface area contributed by atoms with Crippen LogP contribution in [-0.2, 0) is 21.4 Å². The highest BCUT2D eigenvalue weighted by molar-refractivity contribution is 7.98. The van der Waals surface area contributed by atoms with E-state index < -0.39 is 16.0 Å². The molecule has 2 aromatic carbocycles. The van der Waals surface area contributed by atoms with Gasteiger partial charge in [0.15, 0.2) is 0 Å². The minimum absolute atomic E-state index is 0.105. The summed E-state index contributed by atoms with van der Waals surface area (Å²) in [4.78, 5) is 13.2. The van der Waals surface area contributed by atoms with Crippen LogP contribution in [0.3, 0.4) is 0 Å². The molecule has 0 saturated heterocycles. The molecule has 1 N–H and O–H groups in total. The number of esters is 1. The molecule has 0 spiro atoms. The Labute approximate surface area is 151 Å². The van der Waals surface area contributed by atoms with Gasteiger partial charge >= 0.3 is 5.97 Å². The molecule has 0 bridgehead atoms. The fraction of sp³-hybridized carbons (Fsp3) is 0.235. The zero-order valence-electron chi connectivity index (χ0n) is 14.1. The Kier molecular flexibility index (Phi) is 6.46. The topological polar surface area (TPSA) is 81.7 Å². The van der Waals surface area contributed by atoms with Gasteiger partial charge in [-0.3, -0.25) is 0 Å². The molecule has 0 atom stereocenters. The van der Waals surface area contributed by atoms with Crippen LogP contribution in [0.4, 0.5) is 0 Å². The summed E-state index contributed by atoms with van der Waals surface area (Å²) in [5.74, 6) is -0.456. The molecular formula is C17H19NO5S2. The zero-order valence-corrected chi connectivity index (χ0v) is 15.7. The van der Waals surface area contributed by atoms with Crippen molar-refractivity contribution in [1.29, 1.82) is 0 Å². The summed E-state index contributed by atoms with van der Waals surface area (Å²) in [6, 6.07) is 11.8. The summed E-state index contributed by atoms with van der Waals surface area (Å²) in [6.45, 7) is 0.105. The van der Waals surface area contributed by atoms with E-state index in [9.17, 15) is 13.2 Å². The third-order valence-corrected chi connectivity index (χ3v) is 5.67. The van der Waals surface area contributed by atoms with Gasteiger partial charge in [-0.2, -0.15) is 0 Å². The van der Waals surface area contributed by atoms with Gasteiger partial charge in [-0.15, -0.1) is 11.8 Å². The lowest BCUT2D eigenvalue weighted by Crippen LogP contribution is -2.20. The second-order valence-electron chi connectivity index (χ2n) is 5.00. The van der Waals surface area contributed by atoms with Crippen LogP contribution < -0.4 is 9.46 Å². The number of hydrogen-bond donors (Lipinski definition) is 1. The first-order valence-electron chi connectivity index (χ1n) is 7.33. The number of carbonyl (C=O) groups is 1. The molecule has 2 rings (SSSR count). The molecule has 134 valence electrons. The minimum Gasteiger partial charge on any atom is -0.495 e. The molecule has 0 fully saturated rings. The van der Waals surface area contributed by atoms with E-state index in [-0.39, 0.29) is 22.8 Å². The number of nitrogens with one attached hydrogen (secondary N) is 1. The van der Waals surface area contributed by atoms with Crippen molar-refractivity contribution in [2.45, 2.75) is 16.4 Å². The maximum absolute atomic E-state index is 12.2. The first-order chi connectivity index (χ1) is 11.9. The quantitative estimate of drug-likeness (QED) is 0.587. The van der Waals surface area contributed by atoms with Crippen molar-refractivity contribution in [3.8, 4) is 5.75 Å². The van der Waals surface area contributed by atoms with Crippen LogP contribution in [0.5, 0.6) is 5.75 Å². The molecule has 25 heavy (non-hydrogen) atoms. The number of ether oxygens (including phenoxy) is 2. The van der Waals surface area contributed by atoms with Crippen molar-refractivity contribution in [3.63, 3.8) is 0 Å². The maximum Gasteiger partial charge on any atom is 0.338 e. The summed E-state index contributed by atoms with van der Waals surface area (Å²) in [7, 11) is -1.11. The minimum atomic E-state index is -3.76. The van der Waals surface area contributed by atoms with Gasteiger partial charge in [-0.1, -0.05) is 12.1 Å². The molecule has 0 amide bonds. The molecule has 8 heteroatoms. The van der Waals surface area contributed by atoms with Gasteiger partial charge in [-0.25, -0.2) is 17.9 Å². The third-order valence-electron chi connectivity index (χ3n) is 3.49. The SMILES string of the molecule is CNS(=O)(=O)c1cc(C(=O)OCc2ccc(SC)cc2)ccc1OC. The first-order valence-corrected chi connectivity index (χ1v) is 10.0. The zero-order chi connectivity index (χ0) is 18.4. The number of rotatable bonds is 7. The summed E-state index contributed by atoms with van der Waals surface area (Å²) >= 11 is 1.63. The molecule has 0 aliphatic carbocycles. The summed E-state index contributed by atoms with van der Waals surface area (Å²) < 4.78 is 36.6. The molecule has 0 aromatic heterocycles. The average Bonchev–Trinajstić information content (AvgIpc) is 2.65. The highest BCUT2D eigenvalue weighted by Crippen LogP contribution is 2.25. The molecule has 0 aliphatic rings. The van der Waals surface area contributed by atoms with Crippen molar-refractivity contribution in [2.24, 2.45) is 0 Å². The van der Waals surface area contributed by atoms with Crippen molar-refractivity contribution >= 4 is 27.8 Å². The smallest absolute Gasteiger partial charge is 0.338 e. The molecule has 2 aromatic rings. The molecule has 0 saturated carbocycles. The Morgan fingerprint density at radius 2 is 1.84 bits per heavy atom. The maximum atomic E-state index is 12.2. The Balaban J connectivity index is 2.17. The van der Waals surface area contributed by atoms with Gasteiger partial charge in [0.1, 0.15) is 17.3 Å². The van der Waals surface area contributed by atoms with Gasteiger partial charge < -0.3 is 9.47 Å². The van der Waals surface area contributed by atoms with Crippen LogP contribution in [0.25, 0.3) is 0 Å². The van der Waals surface area contributed by atoms with Crippen molar-refractivity contribution < 1.29 is 22.7 Å². The lowest BCUT2D eigenvalue weighted by atomic mass is 10.2.